The van der Waals surface area contributed by atoms with E-state index in [1.165, 1.54) is 30.2 Å². The number of alkyl halides is 2. The Morgan fingerprint density at radius 3 is 2.78 bits per heavy atom. The molecule has 126 valence electrons. The number of carbonyl (C=O) groups is 2. The number of nitrogens with zero attached hydrogens (tertiary/aromatic N) is 1. The monoisotopic (exact) mass is 331 g/mol. The number of benzene rings is 1. The zero-order valence-corrected chi connectivity index (χ0v) is 12.2. The van der Waals surface area contributed by atoms with Crippen LogP contribution in [0.25, 0.3) is 0 Å². The molecular weight excluding hydrogens is 316 g/mol. The number of carboxylic acid groups (broad SMARTS) is 1. The van der Waals surface area contributed by atoms with Gasteiger partial charge in [-0.1, -0.05) is 6.07 Å². The Kier molecular flexibility index (Phi) is 5.32. The van der Waals surface area contributed by atoms with E-state index in [4.69, 9.17) is 14.6 Å². The molecular formula is C14H15F2NO6. The molecule has 0 radical (unpaired) electrons. The van der Waals surface area contributed by atoms with Gasteiger partial charge in [0, 0.05) is 6.54 Å². The maximum Gasteiger partial charge on any atom is 0.387 e. The summed E-state index contributed by atoms with van der Waals surface area (Å²) in [6, 6.07) is 4.15. The number of aliphatic carboxylic acids is 1. The third kappa shape index (κ3) is 3.86. The lowest BCUT2D eigenvalue weighted by atomic mass is 10.1. The summed E-state index contributed by atoms with van der Waals surface area (Å²) in [5.74, 6) is -2.22. The summed E-state index contributed by atoms with van der Waals surface area (Å²) in [7, 11) is 1.26. The Morgan fingerprint density at radius 1 is 1.43 bits per heavy atom. The van der Waals surface area contributed by atoms with Crippen LogP contribution in [0.3, 0.4) is 0 Å². The van der Waals surface area contributed by atoms with E-state index in [0.717, 1.165) is 0 Å². The summed E-state index contributed by atoms with van der Waals surface area (Å²) in [5, 5.41) is 8.96. The number of hydrogen-bond donors (Lipinski definition) is 1. The predicted octanol–water partition coefficient (Wildman–Crippen LogP) is 1.22. The van der Waals surface area contributed by atoms with Gasteiger partial charge >= 0.3 is 12.6 Å². The number of carbonyl (C=O) groups excluding carboxylic acids is 1. The summed E-state index contributed by atoms with van der Waals surface area (Å²) < 4.78 is 39.5. The van der Waals surface area contributed by atoms with Gasteiger partial charge in [0.25, 0.3) is 5.91 Å². The zero-order valence-electron chi connectivity index (χ0n) is 12.2. The number of carboxylic acids is 1. The largest absolute Gasteiger partial charge is 0.493 e. The van der Waals surface area contributed by atoms with Gasteiger partial charge in [-0.25, -0.2) is 4.79 Å². The summed E-state index contributed by atoms with van der Waals surface area (Å²) in [6.07, 6.45) is -1.15. The van der Waals surface area contributed by atoms with Crippen molar-refractivity contribution in [3.63, 3.8) is 0 Å². The summed E-state index contributed by atoms with van der Waals surface area (Å²) in [4.78, 5) is 24.7. The van der Waals surface area contributed by atoms with E-state index in [0.29, 0.717) is 0 Å². The van der Waals surface area contributed by atoms with Gasteiger partial charge < -0.3 is 24.2 Å². The van der Waals surface area contributed by atoms with Crippen molar-refractivity contribution in [2.45, 2.75) is 12.7 Å². The van der Waals surface area contributed by atoms with Crippen LogP contribution >= 0.6 is 0 Å². The van der Waals surface area contributed by atoms with Gasteiger partial charge in [0.2, 0.25) is 0 Å². The maximum absolute atomic E-state index is 12.6. The minimum atomic E-state index is -3.13. The standard InChI is InChI=1S/C14H15F2NO6/c1-21-9-4-2-3-8(11(9)23-14(15)16)12(18)17-5-6-22-10(7-17)13(19)20/h2-4,10,14H,5-7H2,1H3,(H,19,20). The Morgan fingerprint density at radius 2 is 2.17 bits per heavy atom. The van der Waals surface area contributed by atoms with Crippen LogP contribution in [-0.2, 0) is 9.53 Å². The van der Waals surface area contributed by atoms with E-state index in [-0.39, 0.29) is 36.8 Å². The number of methoxy groups -OCH3 is 1. The average Bonchev–Trinajstić information content (AvgIpc) is 2.54. The smallest absolute Gasteiger partial charge is 0.387 e. The Balaban J connectivity index is 2.29. The number of amides is 1. The summed E-state index contributed by atoms with van der Waals surface area (Å²) >= 11 is 0. The quantitative estimate of drug-likeness (QED) is 0.873. The van der Waals surface area contributed by atoms with Crippen LogP contribution in [0.4, 0.5) is 8.78 Å². The Hall–Kier alpha value is -2.42. The maximum atomic E-state index is 12.6. The molecule has 1 fully saturated rings. The molecule has 1 unspecified atom stereocenters. The first-order chi connectivity index (χ1) is 10.9. The molecule has 1 saturated heterocycles. The fourth-order valence-corrected chi connectivity index (χ4v) is 2.21. The van der Waals surface area contributed by atoms with Crippen molar-refractivity contribution >= 4 is 11.9 Å². The van der Waals surface area contributed by atoms with E-state index in [9.17, 15) is 18.4 Å². The number of ether oxygens (including phenoxy) is 3. The van der Waals surface area contributed by atoms with Crippen molar-refractivity contribution in [1.29, 1.82) is 0 Å². The summed E-state index contributed by atoms with van der Waals surface area (Å²) in [6.45, 7) is -3.13. The van der Waals surface area contributed by atoms with Gasteiger partial charge in [0.05, 0.1) is 25.8 Å². The van der Waals surface area contributed by atoms with Gasteiger partial charge in [-0.05, 0) is 12.1 Å². The van der Waals surface area contributed by atoms with Crippen LogP contribution in [-0.4, -0.2) is 61.4 Å². The normalized spacial score (nSPS) is 17.9. The van der Waals surface area contributed by atoms with E-state index in [2.05, 4.69) is 4.74 Å². The molecule has 0 spiro atoms. The first-order valence-corrected chi connectivity index (χ1v) is 6.69. The van der Waals surface area contributed by atoms with Crippen molar-refractivity contribution < 1.29 is 37.7 Å². The van der Waals surface area contributed by atoms with Gasteiger partial charge in [0.15, 0.2) is 17.6 Å². The second kappa shape index (κ2) is 7.23. The minimum Gasteiger partial charge on any atom is -0.493 e. The highest BCUT2D eigenvalue weighted by Gasteiger charge is 2.31. The van der Waals surface area contributed by atoms with E-state index in [1.807, 2.05) is 0 Å². The first-order valence-electron chi connectivity index (χ1n) is 6.69. The molecule has 0 bridgehead atoms. The molecule has 1 aromatic carbocycles. The molecule has 1 amide bonds. The Bertz CT molecular complexity index is 595. The molecule has 0 saturated carbocycles. The molecule has 1 atom stereocenters. The minimum absolute atomic E-state index is 0.0146. The third-order valence-corrected chi connectivity index (χ3v) is 3.27. The lowest BCUT2D eigenvalue weighted by molar-refractivity contribution is -0.154. The Labute approximate surface area is 130 Å². The van der Waals surface area contributed by atoms with Gasteiger partial charge in [-0.15, -0.1) is 0 Å². The van der Waals surface area contributed by atoms with Crippen LogP contribution in [0, 0.1) is 0 Å². The molecule has 1 aliphatic rings. The molecule has 1 aliphatic heterocycles. The van der Waals surface area contributed by atoms with E-state index in [1.54, 1.807) is 0 Å². The molecule has 2 rings (SSSR count). The second-order valence-corrected chi connectivity index (χ2v) is 4.66. The van der Waals surface area contributed by atoms with Gasteiger partial charge in [0.1, 0.15) is 0 Å². The molecule has 9 heteroatoms. The second-order valence-electron chi connectivity index (χ2n) is 4.66. The molecule has 1 aromatic rings. The van der Waals surface area contributed by atoms with Crippen molar-refractivity contribution in [3.8, 4) is 11.5 Å². The highest BCUT2D eigenvalue weighted by atomic mass is 19.3. The number of morpholine rings is 1. The SMILES string of the molecule is COc1cccc(C(=O)N2CCOC(C(=O)O)C2)c1OC(F)F. The predicted molar refractivity (Wildman–Crippen MR) is 72.9 cm³/mol. The molecule has 7 nitrogen and oxygen atoms in total. The van der Waals surface area contributed by atoms with Crippen molar-refractivity contribution in [1.82, 2.24) is 4.90 Å². The molecule has 23 heavy (non-hydrogen) atoms. The van der Waals surface area contributed by atoms with Crippen LogP contribution in [0.15, 0.2) is 18.2 Å². The summed E-state index contributed by atoms with van der Waals surface area (Å²) in [5.41, 5.74) is -0.129. The highest BCUT2D eigenvalue weighted by Crippen LogP contribution is 2.33. The lowest BCUT2D eigenvalue weighted by Crippen LogP contribution is -2.48. The fraction of sp³-hybridized carbons (Fsp3) is 0.429. The molecule has 1 heterocycles. The zero-order chi connectivity index (χ0) is 17.0. The molecule has 1 N–H and O–H groups in total. The van der Waals surface area contributed by atoms with Crippen molar-refractivity contribution in [2.24, 2.45) is 0 Å². The van der Waals surface area contributed by atoms with Crippen LogP contribution < -0.4 is 9.47 Å². The lowest BCUT2D eigenvalue weighted by Gasteiger charge is -2.31. The van der Waals surface area contributed by atoms with Crippen molar-refractivity contribution in [2.75, 3.05) is 26.8 Å². The van der Waals surface area contributed by atoms with E-state index >= 15 is 0 Å². The highest BCUT2D eigenvalue weighted by molar-refractivity contribution is 5.98. The number of para-hydroxylation sites is 1. The van der Waals surface area contributed by atoms with Crippen LogP contribution in [0.1, 0.15) is 10.4 Å². The topological polar surface area (TPSA) is 85.3 Å². The molecule has 0 aromatic heterocycles. The number of halogens is 2. The van der Waals surface area contributed by atoms with Crippen LogP contribution in [0.2, 0.25) is 0 Å². The van der Waals surface area contributed by atoms with Crippen molar-refractivity contribution in [3.05, 3.63) is 23.8 Å². The third-order valence-electron chi connectivity index (χ3n) is 3.27. The average molecular weight is 331 g/mol. The fourth-order valence-electron chi connectivity index (χ4n) is 2.21. The molecule has 0 aliphatic carbocycles. The van der Waals surface area contributed by atoms with Gasteiger partial charge in [-0.2, -0.15) is 8.78 Å². The number of rotatable bonds is 5. The van der Waals surface area contributed by atoms with Gasteiger partial charge in [-0.3, -0.25) is 4.79 Å². The van der Waals surface area contributed by atoms with Crippen LogP contribution in [0.5, 0.6) is 11.5 Å². The first kappa shape index (κ1) is 16.9. The number of hydrogen-bond acceptors (Lipinski definition) is 5. The van der Waals surface area contributed by atoms with E-state index < -0.39 is 24.6 Å².